The van der Waals surface area contributed by atoms with E-state index in [0.717, 1.165) is 12.5 Å². The van der Waals surface area contributed by atoms with Gasteiger partial charge in [0.15, 0.2) is 0 Å². The van der Waals surface area contributed by atoms with Crippen molar-refractivity contribution in [1.29, 1.82) is 0 Å². The lowest BCUT2D eigenvalue weighted by atomic mass is 10.1. The molecule has 1 fully saturated rings. The van der Waals surface area contributed by atoms with Crippen LogP contribution in [0.3, 0.4) is 0 Å². The van der Waals surface area contributed by atoms with Crippen molar-refractivity contribution in [3.05, 3.63) is 29.6 Å². The highest BCUT2D eigenvalue weighted by atomic mass is 32.2. The third kappa shape index (κ3) is 2.57. The number of nitrogens with zero attached hydrogens (tertiary/aromatic N) is 1. The van der Waals surface area contributed by atoms with Gasteiger partial charge in [0.2, 0.25) is 10.0 Å². The first-order valence-corrected chi connectivity index (χ1v) is 8.20. The lowest BCUT2D eigenvalue weighted by Crippen LogP contribution is -2.35. The summed E-state index contributed by atoms with van der Waals surface area (Å²) in [5.74, 6) is -0.430. The highest BCUT2D eigenvalue weighted by molar-refractivity contribution is 7.89. The summed E-state index contributed by atoms with van der Waals surface area (Å²) in [6, 6.07) is 3.75. The quantitative estimate of drug-likeness (QED) is 0.865. The normalized spacial score (nSPS) is 23.9. The number of rotatable bonds is 3. The molecule has 1 aliphatic heterocycles. The van der Waals surface area contributed by atoms with Crippen molar-refractivity contribution in [1.82, 2.24) is 4.31 Å². The monoisotopic (exact) mass is 316 g/mol. The molecule has 2 unspecified atom stereocenters. The Hall–Kier alpha value is -1.05. The first-order valence-electron chi connectivity index (χ1n) is 6.35. The minimum atomic E-state index is -3.79. The van der Waals surface area contributed by atoms with E-state index in [1.165, 1.54) is 16.4 Å². The summed E-state index contributed by atoms with van der Waals surface area (Å²) < 4.78 is 40.7. The van der Waals surface area contributed by atoms with Crippen LogP contribution in [-0.2, 0) is 10.0 Å². The van der Waals surface area contributed by atoms with E-state index in [-0.39, 0.29) is 27.4 Å². The summed E-state index contributed by atoms with van der Waals surface area (Å²) in [4.78, 5) is -0.396. The molecule has 0 spiro atoms. The second-order valence-corrected chi connectivity index (χ2v) is 7.54. The van der Waals surface area contributed by atoms with Crippen molar-refractivity contribution in [2.45, 2.75) is 31.2 Å². The fourth-order valence-electron chi connectivity index (χ4n) is 2.68. The molecule has 1 aromatic carbocycles. The third-order valence-corrected chi connectivity index (χ3v) is 5.76. The summed E-state index contributed by atoms with van der Waals surface area (Å²) in [5, 5.41) is 0. The van der Waals surface area contributed by atoms with Gasteiger partial charge in [0.05, 0.1) is 10.5 Å². The number of sulfonamides is 1. The highest BCUT2D eigenvalue weighted by Crippen LogP contribution is 2.31. The second kappa shape index (κ2) is 5.38. The molecular formula is C13H17FN2O2S2. The summed E-state index contributed by atoms with van der Waals surface area (Å²) in [7, 11) is -3.79. The van der Waals surface area contributed by atoms with Gasteiger partial charge < -0.3 is 5.73 Å². The summed E-state index contributed by atoms with van der Waals surface area (Å²) in [6.07, 6.45) is 0.789. The Morgan fingerprint density at radius 2 is 2.10 bits per heavy atom. The van der Waals surface area contributed by atoms with Crippen LogP contribution in [0.5, 0.6) is 0 Å². The van der Waals surface area contributed by atoms with Crippen molar-refractivity contribution in [2.75, 3.05) is 6.54 Å². The molecule has 0 saturated carbocycles. The molecule has 0 amide bonds. The van der Waals surface area contributed by atoms with Gasteiger partial charge in [0, 0.05) is 12.6 Å². The number of thiocarbonyl (C=S) groups is 1. The van der Waals surface area contributed by atoms with Crippen LogP contribution in [0.25, 0.3) is 0 Å². The van der Waals surface area contributed by atoms with E-state index in [4.69, 9.17) is 18.0 Å². The molecule has 2 N–H and O–H groups in total. The van der Waals surface area contributed by atoms with Crippen LogP contribution in [0.4, 0.5) is 4.39 Å². The van der Waals surface area contributed by atoms with E-state index >= 15 is 0 Å². The largest absolute Gasteiger partial charge is 0.389 e. The maximum absolute atomic E-state index is 13.8. The van der Waals surface area contributed by atoms with Gasteiger partial charge in [-0.15, -0.1) is 0 Å². The maximum Gasteiger partial charge on any atom is 0.244 e. The zero-order valence-corrected chi connectivity index (χ0v) is 13.0. The Bertz CT molecular complexity index is 646. The van der Waals surface area contributed by atoms with Crippen molar-refractivity contribution in [3.8, 4) is 0 Å². The predicted molar refractivity (Wildman–Crippen MR) is 79.4 cm³/mol. The Balaban J connectivity index is 2.56. The second-order valence-electron chi connectivity index (χ2n) is 5.24. The van der Waals surface area contributed by atoms with Crippen LogP contribution in [0.1, 0.15) is 25.8 Å². The number of hydrogen-bond donors (Lipinski definition) is 1. The lowest BCUT2D eigenvalue weighted by molar-refractivity contribution is 0.405. The molecule has 7 heteroatoms. The van der Waals surface area contributed by atoms with Crippen LogP contribution in [-0.4, -0.2) is 30.3 Å². The molecule has 20 heavy (non-hydrogen) atoms. The zero-order valence-electron chi connectivity index (χ0n) is 11.3. The maximum atomic E-state index is 13.8. The Labute approximate surface area is 123 Å². The molecule has 1 aromatic rings. The molecule has 2 atom stereocenters. The smallest absolute Gasteiger partial charge is 0.244 e. The van der Waals surface area contributed by atoms with Crippen molar-refractivity contribution < 1.29 is 12.8 Å². The van der Waals surface area contributed by atoms with Crippen molar-refractivity contribution in [3.63, 3.8) is 0 Å². The van der Waals surface area contributed by atoms with Crippen LogP contribution >= 0.6 is 12.2 Å². The Morgan fingerprint density at radius 1 is 1.45 bits per heavy atom. The molecule has 110 valence electrons. The molecule has 1 saturated heterocycles. The van der Waals surface area contributed by atoms with Gasteiger partial charge in [-0.2, -0.15) is 4.31 Å². The molecule has 4 nitrogen and oxygen atoms in total. The lowest BCUT2D eigenvalue weighted by Gasteiger charge is -2.22. The summed E-state index contributed by atoms with van der Waals surface area (Å²) >= 11 is 4.79. The fourth-order valence-corrected chi connectivity index (χ4v) is 4.93. The van der Waals surface area contributed by atoms with Gasteiger partial charge >= 0.3 is 0 Å². The molecule has 0 aromatic heterocycles. The first-order chi connectivity index (χ1) is 9.25. The van der Waals surface area contributed by atoms with E-state index in [9.17, 15) is 12.8 Å². The van der Waals surface area contributed by atoms with Gasteiger partial charge in [0.1, 0.15) is 10.8 Å². The Kier molecular flexibility index (Phi) is 4.13. The van der Waals surface area contributed by atoms with E-state index in [2.05, 4.69) is 0 Å². The van der Waals surface area contributed by atoms with Gasteiger partial charge in [-0.25, -0.2) is 12.8 Å². The number of nitrogens with two attached hydrogens (primary N) is 1. The van der Waals surface area contributed by atoms with Gasteiger partial charge in [0.25, 0.3) is 0 Å². The highest BCUT2D eigenvalue weighted by Gasteiger charge is 2.37. The van der Waals surface area contributed by atoms with Gasteiger partial charge in [-0.3, -0.25) is 0 Å². The topological polar surface area (TPSA) is 63.4 Å². The van der Waals surface area contributed by atoms with Crippen molar-refractivity contribution in [2.24, 2.45) is 11.7 Å². The number of benzene rings is 1. The fraction of sp³-hybridized carbons (Fsp3) is 0.462. The first kappa shape index (κ1) is 15.3. The number of halogens is 1. The van der Waals surface area contributed by atoms with Crippen molar-refractivity contribution >= 4 is 27.2 Å². The standard InChI is InChI=1S/C13H17FN2O2S2/c1-8-6-9(2)16(7-8)20(17,18)11-5-3-4-10(14)12(11)13(15)19/h3-5,8-9H,6-7H2,1-2H3,(H2,15,19). The average molecular weight is 316 g/mol. The third-order valence-electron chi connectivity index (χ3n) is 3.54. The Morgan fingerprint density at radius 3 is 2.60 bits per heavy atom. The minimum Gasteiger partial charge on any atom is -0.389 e. The van der Waals surface area contributed by atoms with E-state index in [1.807, 2.05) is 13.8 Å². The average Bonchev–Trinajstić information content (AvgIpc) is 2.68. The van der Waals surface area contributed by atoms with E-state index in [0.29, 0.717) is 6.54 Å². The van der Waals surface area contributed by atoms with E-state index in [1.54, 1.807) is 0 Å². The minimum absolute atomic E-state index is 0.113. The molecule has 1 heterocycles. The molecule has 0 radical (unpaired) electrons. The van der Waals surface area contributed by atoms with Crippen LogP contribution < -0.4 is 5.73 Å². The number of hydrogen-bond acceptors (Lipinski definition) is 3. The zero-order chi connectivity index (χ0) is 15.1. The van der Waals surface area contributed by atoms with Crippen LogP contribution in [0, 0.1) is 11.7 Å². The molecule has 0 bridgehead atoms. The van der Waals surface area contributed by atoms with Gasteiger partial charge in [-0.1, -0.05) is 25.2 Å². The molecule has 0 aliphatic carbocycles. The SMILES string of the molecule is CC1CC(C)N(S(=O)(=O)c2cccc(F)c2C(N)=S)C1. The predicted octanol–water partition coefficient (Wildman–Crippen LogP) is 1.88. The summed E-state index contributed by atoms with van der Waals surface area (Å²) in [6.45, 7) is 4.27. The van der Waals surface area contributed by atoms with Crippen LogP contribution in [0.2, 0.25) is 0 Å². The molecular weight excluding hydrogens is 299 g/mol. The van der Waals surface area contributed by atoms with E-state index < -0.39 is 15.8 Å². The molecule has 1 aliphatic rings. The van der Waals surface area contributed by atoms with Crippen LogP contribution in [0.15, 0.2) is 23.1 Å². The van der Waals surface area contributed by atoms with Gasteiger partial charge in [-0.05, 0) is 31.4 Å². The summed E-state index contributed by atoms with van der Waals surface area (Å²) in [5.41, 5.74) is 5.28. The molecule has 2 rings (SSSR count).